The van der Waals surface area contributed by atoms with Crippen molar-refractivity contribution in [3.8, 4) is 17.2 Å². The molecule has 3 aromatic rings. The maximum absolute atomic E-state index is 12.6. The number of para-hydroxylation sites is 2. The van der Waals surface area contributed by atoms with Gasteiger partial charge in [-0.3, -0.25) is 14.9 Å². The number of hydrogen-bond donors (Lipinski definition) is 1. The highest BCUT2D eigenvalue weighted by Crippen LogP contribution is 2.30. The van der Waals surface area contributed by atoms with E-state index in [4.69, 9.17) is 37.4 Å². The number of nitrogens with one attached hydrogen (secondary N) is 1. The topological polar surface area (TPSA) is 129 Å². The summed E-state index contributed by atoms with van der Waals surface area (Å²) in [6.07, 6.45) is 0.290. The zero-order chi connectivity index (χ0) is 26.9. The van der Waals surface area contributed by atoms with Gasteiger partial charge in [0.05, 0.1) is 28.3 Å². The number of carbonyl (C=O) groups is 2. The minimum absolute atomic E-state index is 0.0366. The molecular formula is C25H21Cl2N3O7. The van der Waals surface area contributed by atoms with Crippen LogP contribution < -0.4 is 19.6 Å². The molecule has 1 N–H and O–H groups in total. The standard InChI is InChI=1S/C25H21Cl2N3O7/c1-3-35-23-12-16(8-11-22(23)37-25(32)18-10-9-17(26)13-19(18)27)14-28-29-24(31)15(2)36-21-7-5-4-6-20(21)30(33)34/h4-15H,3H2,1-2H3,(H,29,31)/b28-14+. The smallest absolute Gasteiger partial charge is 0.345 e. The van der Waals surface area contributed by atoms with E-state index in [1.165, 1.54) is 55.6 Å². The largest absolute Gasteiger partial charge is 0.490 e. The fraction of sp³-hybridized carbons (Fsp3) is 0.160. The molecule has 1 atom stereocenters. The van der Waals surface area contributed by atoms with E-state index < -0.39 is 22.9 Å². The molecule has 10 nitrogen and oxygen atoms in total. The van der Waals surface area contributed by atoms with E-state index in [-0.39, 0.29) is 33.5 Å². The van der Waals surface area contributed by atoms with E-state index >= 15 is 0 Å². The fourth-order valence-electron chi connectivity index (χ4n) is 2.98. The summed E-state index contributed by atoms with van der Waals surface area (Å²) in [6, 6.07) is 14.8. The number of nitrogens with zero attached hydrogens (tertiary/aromatic N) is 2. The Morgan fingerprint density at radius 3 is 2.54 bits per heavy atom. The average Bonchev–Trinajstić information content (AvgIpc) is 2.85. The lowest BCUT2D eigenvalue weighted by Crippen LogP contribution is -2.33. The van der Waals surface area contributed by atoms with Crippen molar-refractivity contribution < 1.29 is 28.7 Å². The Kier molecular flexibility index (Phi) is 9.42. The highest BCUT2D eigenvalue weighted by atomic mass is 35.5. The van der Waals surface area contributed by atoms with Gasteiger partial charge in [-0.15, -0.1) is 0 Å². The molecule has 37 heavy (non-hydrogen) atoms. The second kappa shape index (κ2) is 12.7. The molecule has 12 heteroatoms. The number of halogens is 2. The third kappa shape index (κ3) is 7.42. The molecule has 0 aliphatic heterocycles. The highest BCUT2D eigenvalue weighted by Gasteiger charge is 2.20. The molecule has 0 heterocycles. The van der Waals surface area contributed by atoms with Gasteiger partial charge in [-0.1, -0.05) is 35.3 Å². The molecule has 0 aliphatic rings. The number of hydrazone groups is 1. The molecule has 0 fully saturated rings. The third-order valence-corrected chi connectivity index (χ3v) is 5.29. The van der Waals surface area contributed by atoms with Crippen LogP contribution in [0.1, 0.15) is 29.8 Å². The second-order valence-electron chi connectivity index (χ2n) is 7.37. The first-order valence-corrected chi connectivity index (χ1v) is 11.6. The van der Waals surface area contributed by atoms with Crippen molar-refractivity contribution in [2.75, 3.05) is 6.61 Å². The van der Waals surface area contributed by atoms with Crippen molar-refractivity contribution in [2.24, 2.45) is 5.10 Å². The van der Waals surface area contributed by atoms with E-state index in [2.05, 4.69) is 10.5 Å². The van der Waals surface area contributed by atoms with Gasteiger partial charge in [0.2, 0.25) is 0 Å². The number of amides is 1. The number of nitro benzene ring substituents is 1. The summed E-state index contributed by atoms with van der Waals surface area (Å²) in [5.41, 5.74) is 2.72. The molecule has 0 saturated heterocycles. The molecule has 0 aliphatic carbocycles. The molecule has 3 rings (SSSR count). The minimum Gasteiger partial charge on any atom is -0.490 e. The lowest BCUT2D eigenvalue weighted by molar-refractivity contribution is -0.386. The lowest BCUT2D eigenvalue weighted by Gasteiger charge is -2.13. The van der Waals surface area contributed by atoms with Gasteiger partial charge < -0.3 is 14.2 Å². The summed E-state index contributed by atoms with van der Waals surface area (Å²) in [5, 5.41) is 15.5. The van der Waals surface area contributed by atoms with Gasteiger partial charge in [-0.05, 0) is 61.9 Å². The van der Waals surface area contributed by atoms with Crippen LogP contribution in [0.15, 0.2) is 65.8 Å². The first kappa shape index (κ1) is 27.4. The van der Waals surface area contributed by atoms with Gasteiger partial charge in [0, 0.05) is 11.1 Å². The number of carbonyl (C=O) groups excluding carboxylic acids is 2. The first-order chi connectivity index (χ1) is 17.7. The predicted octanol–water partition coefficient (Wildman–Crippen LogP) is 5.44. The maximum Gasteiger partial charge on any atom is 0.345 e. The molecule has 0 bridgehead atoms. The second-order valence-corrected chi connectivity index (χ2v) is 8.22. The molecule has 1 unspecified atom stereocenters. The monoisotopic (exact) mass is 545 g/mol. The van der Waals surface area contributed by atoms with Gasteiger partial charge in [0.15, 0.2) is 23.4 Å². The third-order valence-electron chi connectivity index (χ3n) is 4.74. The van der Waals surface area contributed by atoms with E-state index in [0.717, 1.165) is 0 Å². The van der Waals surface area contributed by atoms with Crippen LogP contribution in [0.4, 0.5) is 5.69 Å². The Bertz CT molecular complexity index is 1350. The lowest BCUT2D eigenvalue weighted by atomic mass is 10.2. The summed E-state index contributed by atoms with van der Waals surface area (Å²) in [4.78, 5) is 35.4. The molecule has 0 radical (unpaired) electrons. The molecule has 3 aromatic carbocycles. The summed E-state index contributed by atoms with van der Waals surface area (Å²) in [6.45, 7) is 3.50. The highest BCUT2D eigenvalue weighted by molar-refractivity contribution is 6.36. The molecule has 192 valence electrons. The van der Waals surface area contributed by atoms with Crippen molar-refractivity contribution in [3.05, 3.63) is 92.0 Å². The van der Waals surface area contributed by atoms with E-state index in [1.807, 2.05) is 0 Å². The summed E-state index contributed by atoms with van der Waals surface area (Å²) in [7, 11) is 0. The number of ether oxygens (including phenoxy) is 3. The van der Waals surface area contributed by atoms with Crippen molar-refractivity contribution in [1.82, 2.24) is 5.43 Å². The van der Waals surface area contributed by atoms with Crippen LogP contribution in [0.3, 0.4) is 0 Å². The fourth-order valence-corrected chi connectivity index (χ4v) is 3.47. The van der Waals surface area contributed by atoms with Crippen LogP contribution in [-0.4, -0.2) is 35.7 Å². The van der Waals surface area contributed by atoms with Gasteiger partial charge in [-0.25, -0.2) is 10.2 Å². The van der Waals surface area contributed by atoms with Crippen molar-refractivity contribution in [2.45, 2.75) is 20.0 Å². The number of esters is 1. The summed E-state index contributed by atoms with van der Waals surface area (Å²) in [5.74, 6) is -0.922. The van der Waals surface area contributed by atoms with Crippen LogP contribution in [0, 0.1) is 10.1 Å². The molecule has 0 aromatic heterocycles. The van der Waals surface area contributed by atoms with Gasteiger partial charge in [0.1, 0.15) is 0 Å². The number of benzene rings is 3. The van der Waals surface area contributed by atoms with Gasteiger partial charge in [0.25, 0.3) is 5.91 Å². The van der Waals surface area contributed by atoms with Crippen LogP contribution in [0.5, 0.6) is 17.2 Å². The Labute approximate surface area is 221 Å². The average molecular weight is 546 g/mol. The quantitative estimate of drug-likeness (QED) is 0.118. The van der Waals surface area contributed by atoms with Crippen molar-refractivity contribution >= 4 is 47.0 Å². The Morgan fingerprint density at radius 2 is 1.84 bits per heavy atom. The van der Waals surface area contributed by atoms with Crippen LogP contribution >= 0.6 is 23.2 Å². The first-order valence-electron chi connectivity index (χ1n) is 10.9. The van der Waals surface area contributed by atoms with Gasteiger partial charge in [-0.2, -0.15) is 5.10 Å². The molecule has 1 amide bonds. The zero-order valence-corrected chi connectivity index (χ0v) is 21.2. The maximum atomic E-state index is 12.6. The number of hydrogen-bond acceptors (Lipinski definition) is 8. The van der Waals surface area contributed by atoms with Crippen molar-refractivity contribution in [1.29, 1.82) is 0 Å². The van der Waals surface area contributed by atoms with Crippen molar-refractivity contribution in [3.63, 3.8) is 0 Å². The number of rotatable bonds is 10. The molecule has 0 spiro atoms. The normalized spacial score (nSPS) is 11.6. The Hall–Kier alpha value is -4.15. The SMILES string of the molecule is CCOc1cc(/C=N/NC(=O)C(C)Oc2ccccc2[N+](=O)[O-])ccc1OC(=O)c1ccc(Cl)cc1Cl. The van der Waals surface area contributed by atoms with E-state index in [9.17, 15) is 19.7 Å². The summed E-state index contributed by atoms with van der Waals surface area (Å²) >= 11 is 12.0. The molecule has 0 saturated carbocycles. The Balaban J connectivity index is 1.66. The minimum atomic E-state index is -1.06. The van der Waals surface area contributed by atoms with Gasteiger partial charge >= 0.3 is 11.7 Å². The van der Waals surface area contributed by atoms with Crippen LogP contribution in [0.25, 0.3) is 0 Å². The number of nitro groups is 1. The zero-order valence-electron chi connectivity index (χ0n) is 19.6. The van der Waals surface area contributed by atoms with E-state index in [1.54, 1.807) is 25.1 Å². The Morgan fingerprint density at radius 1 is 1.08 bits per heavy atom. The van der Waals surface area contributed by atoms with Crippen LogP contribution in [-0.2, 0) is 4.79 Å². The van der Waals surface area contributed by atoms with Crippen LogP contribution in [0.2, 0.25) is 10.0 Å². The summed E-state index contributed by atoms with van der Waals surface area (Å²) < 4.78 is 16.4. The molecular weight excluding hydrogens is 525 g/mol. The predicted molar refractivity (Wildman–Crippen MR) is 138 cm³/mol. The van der Waals surface area contributed by atoms with E-state index in [0.29, 0.717) is 17.2 Å².